The van der Waals surface area contributed by atoms with Crippen molar-refractivity contribution in [2.75, 3.05) is 13.2 Å². The lowest BCUT2D eigenvalue weighted by Crippen LogP contribution is -2.41. The minimum Gasteiger partial charge on any atom is -0.444 e. The second kappa shape index (κ2) is 7.11. The lowest BCUT2D eigenvalue weighted by molar-refractivity contribution is 0.0121. The number of rotatable bonds is 4. The van der Waals surface area contributed by atoms with E-state index >= 15 is 0 Å². The SMILES string of the molecule is CC(C)(C)OC(=O)N1CC(OCc2ccccc2)C[C@@H]1CO. The molecule has 22 heavy (non-hydrogen) atoms. The van der Waals surface area contributed by atoms with E-state index < -0.39 is 11.7 Å². The maximum absolute atomic E-state index is 12.2. The molecule has 1 fully saturated rings. The minimum atomic E-state index is -0.542. The van der Waals surface area contributed by atoms with Crippen LogP contribution in [-0.4, -0.2) is 47.0 Å². The molecule has 1 amide bonds. The number of ether oxygens (including phenoxy) is 2. The molecular weight excluding hydrogens is 282 g/mol. The van der Waals surface area contributed by atoms with E-state index in [4.69, 9.17) is 9.47 Å². The van der Waals surface area contributed by atoms with E-state index in [1.807, 2.05) is 51.1 Å². The molecule has 1 unspecified atom stereocenters. The van der Waals surface area contributed by atoms with Gasteiger partial charge >= 0.3 is 6.09 Å². The fourth-order valence-corrected chi connectivity index (χ4v) is 2.50. The van der Waals surface area contributed by atoms with Crippen LogP contribution >= 0.6 is 0 Å². The molecule has 1 aromatic carbocycles. The third kappa shape index (κ3) is 4.71. The van der Waals surface area contributed by atoms with Gasteiger partial charge in [-0.05, 0) is 32.8 Å². The largest absolute Gasteiger partial charge is 0.444 e. The standard InChI is InChI=1S/C17H25NO4/c1-17(2,3)22-16(20)18-10-15(9-14(18)11-19)21-12-13-7-5-4-6-8-13/h4-8,14-15,19H,9-12H2,1-3H3/t14-,15?/m1/s1. The van der Waals surface area contributed by atoms with Gasteiger partial charge in [-0.1, -0.05) is 30.3 Å². The molecule has 2 rings (SSSR count). The van der Waals surface area contributed by atoms with E-state index in [0.717, 1.165) is 5.56 Å². The van der Waals surface area contributed by atoms with Crippen molar-refractivity contribution in [2.24, 2.45) is 0 Å². The molecule has 0 radical (unpaired) electrons. The molecule has 2 atom stereocenters. The molecule has 122 valence electrons. The molecule has 0 aromatic heterocycles. The van der Waals surface area contributed by atoms with Gasteiger partial charge in [0.1, 0.15) is 5.60 Å². The Morgan fingerprint density at radius 1 is 1.32 bits per heavy atom. The van der Waals surface area contributed by atoms with Crippen molar-refractivity contribution in [2.45, 2.75) is 51.5 Å². The number of amides is 1. The molecule has 5 heteroatoms. The summed E-state index contributed by atoms with van der Waals surface area (Å²) >= 11 is 0. The first kappa shape index (κ1) is 16.8. The fraction of sp³-hybridized carbons (Fsp3) is 0.588. The highest BCUT2D eigenvalue weighted by Gasteiger charge is 2.37. The van der Waals surface area contributed by atoms with Crippen molar-refractivity contribution in [3.05, 3.63) is 35.9 Å². The molecule has 1 aliphatic rings. The highest BCUT2D eigenvalue weighted by Crippen LogP contribution is 2.23. The molecule has 1 N–H and O–H groups in total. The van der Waals surface area contributed by atoms with Crippen LogP contribution in [0.2, 0.25) is 0 Å². The Balaban J connectivity index is 1.90. The molecule has 0 aliphatic carbocycles. The first-order valence-electron chi connectivity index (χ1n) is 7.65. The minimum absolute atomic E-state index is 0.0788. The van der Waals surface area contributed by atoms with Crippen LogP contribution in [0.3, 0.4) is 0 Å². The topological polar surface area (TPSA) is 59.0 Å². The quantitative estimate of drug-likeness (QED) is 0.929. The van der Waals surface area contributed by atoms with Gasteiger partial charge in [-0.3, -0.25) is 0 Å². The van der Waals surface area contributed by atoms with Gasteiger partial charge in [-0.2, -0.15) is 0 Å². The Morgan fingerprint density at radius 2 is 2.00 bits per heavy atom. The first-order chi connectivity index (χ1) is 10.4. The molecule has 0 saturated carbocycles. The van der Waals surface area contributed by atoms with Crippen molar-refractivity contribution < 1.29 is 19.4 Å². The molecule has 5 nitrogen and oxygen atoms in total. The monoisotopic (exact) mass is 307 g/mol. The summed E-state index contributed by atoms with van der Waals surface area (Å²) in [6.07, 6.45) is 0.157. The van der Waals surface area contributed by atoms with Gasteiger partial charge in [-0.15, -0.1) is 0 Å². The first-order valence-corrected chi connectivity index (χ1v) is 7.65. The van der Waals surface area contributed by atoms with Crippen LogP contribution in [0, 0.1) is 0 Å². The molecule has 1 heterocycles. The Kier molecular flexibility index (Phi) is 5.42. The number of hydrogen-bond donors (Lipinski definition) is 1. The normalized spacial score (nSPS) is 21.9. The summed E-state index contributed by atoms with van der Waals surface area (Å²) in [5.41, 5.74) is 0.554. The summed E-state index contributed by atoms with van der Waals surface area (Å²) in [6, 6.07) is 9.67. The van der Waals surface area contributed by atoms with Crippen LogP contribution in [-0.2, 0) is 16.1 Å². The molecule has 1 saturated heterocycles. The maximum Gasteiger partial charge on any atom is 0.410 e. The average molecular weight is 307 g/mol. The number of nitrogens with zero attached hydrogens (tertiary/aromatic N) is 1. The van der Waals surface area contributed by atoms with Gasteiger partial charge in [0, 0.05) is 0 Å². The van der Waals surface area contributed by atoms with Crippen molar-refractivity contribution in [3.8, 4) is 0 Å². The summed E-state index contributed by atoms with van der Waals surface area (Å²) in [7, 11) is 0. The molecule has 1 aromatic rings. The van der Waals surface area contributed by atoms with E-state index in [1.54, 1.807) is 4.90 Å². The number of hydrogen-bond acceptors (Lipinski definition) is 4. The van der Waals surface area contributed by atoms with Crippen LogP contribution in [0.5, 0.6) is 0 Å². The Morgan fingerprint density at radius 3 is 2.59 bits per heavy atom. The zero-order valence-corrected chi connectivity index (χ0v) is 13.5. The molecule has 0 bridgehead atoms. The predicted octanol–water partition coefficient (Wildman–Crippen LogP) is 2.57. The predicted molar refractivity (Wildman–Crippen MR) is 83.4 cm³/mol. The summed E-state index contributed by atoms with van der Waals surface area (Å²) in [5.74, 6) is 0. The van der Waals surface area contributed by atoms with Crippen LogP contribution in [0.1, 0.15) is 32.8 Å². The fourth-order valence-electron chi connectivity index (χ4n) is 2.50. The van der Waals surface area contributed by atoms with E-state index in [2.05, 4.69) is 0 Å². The van der Waals surface area contributed by atoms with Crippen molar-refractivity contribution in [1.82, 2.24) is 4.90 Å². The summed E-state index contributed by atoms with van der Waals surface area (Å²) < 4.78 is 11.3. The summed E-state index contributed by atoms with van der Waals surface area (Å²) in [5, 5.41) is 9.48. The zero-order chi connectivity index (χ0) is 16.2. The zero-order valence-electron chi connectivity index (χ0n) is 13.5. The van der Waals surface area contributed by atoms with E-state index in [9.17, 15) is 9.90 Å². The molecule has 1 aliphatic heterocycles. The van der Waals surface area contributed by atoms with Gasteiger partial charge in [0.05, 0.1) is 31.9 Å². The van der Waals surface area contributed by atoms with Crippen molar-refractivity contribution >= 4 is 6.09 Å². The van der Waals surface area contributed by atoms with Crippen LogP contribution in [0.4, 0.5) is 4.79 Å². The third-order valence-corrected chi connectivity index (χ3v) is 3.54. The van der Waals surface area contributed by atoms with Crippen LogP contribution in [0.15, 0.2) is 30.3 Å². The molecular formula is C17H25NO4. The number of carbonyl (C=O) groups excluding carboxylic acids is 1. The number of carbonyl (C=O) groups is 1. The van der Waals surface area contributed by atoms with Crippen LogP contribution < -0.4 is 0 Å². The summed E-state index contributed by atoms with van der Waals surface area (Å²) in [6.45, 7) is 6.37. The van der Waals surface area contributed by atoms with Crippen molar-refractivity contribution in [3.63, 3.8) is 0 Å². The van der Waals surface area contributed by atoms with Gasteiger partial charge in [0.15, 0.2) is 0 Å². The average Bonchev–Trinajstić information content (AvgIpc) is 2.88. The Labute approximate surface area is 131 Å². The smallest absolute Gasteiger partial charge is 0.410 e. The Bertz CT molecular complexity index is 483. The van der Waals surface area contributed by atoms with Gasteiger partial charge in [-0.25, -0.2) is 4.79 Å². The third-order valence-electron chi connectivity index (χ3n) is 3.54. The lowest BCUT2D eigenvalue weighted by atomic mass is 10.2. The number of aliphatic hydroxyl groups excluding tert-OH is 1. The highest BCUT2D eigenvalue weighted by atomic mass is 16.6. The Hall–Kier alpha value is -1.59. The second-order valence-electron chi connectivity index (χ2n) is 6.62. The van der Waals surface area contributed by atoms with Crippen molar-refractivity contribution in [1.29, 1.82) is 0 Å². The van der Waals surface area contributed by atoms with E-state index in [1.165, 1.54) is 0 Å². The lowest BCUT2D eigenvalue weighted by Gasteiger charge is -2.27. The van der Waals surface area contributed by atoms with E-state index in [0.29, 0.717) is 19.6 Å². The highest BCUT2D eigenvalue weighted by molar-refractivity contribution is 5.69. The van der Waals surface area contributed by atoms with Gasteiger partial charge in [0.2, 0.25) is 0 Å². The summed E-state index contributed by atoms with van der Waals surface area (Å²) in [4.78, 5) is 13.8. The number of aliphatic hydroxyl groups is 1. The maximum atomic E-state index is 12.2. The number of benzene rings is 1. The number of likely N-dealkylation sites (tertiary alicyclic amines) is 1. The molecule has 0 spiro atoms. The second-order valence-corrected chi connectivity index (χ2v) is 6.62. The van der Waals surface area contributed by atoms with Crippen LogP contribution in [0.25, 0.3) is 0 Å². The van der Waals surface area contributed by atoms with Gasteiger partial charge < -0.3 is 19.5 Å². The van der Waals surface area contributed by atoms with Gasteiger partial charge in [0.25, 0.3) is 0 Å². The van der Waals surface area contributed by atoms with E-state index in [-0.39, 0.29) is 18.8 Å².